The number of fused-ring (bicyclic) bond motifs is 3. The van der Waals surface area contributed by atoms with Gasteiger partial charge in [-0.2, -0.15) is 0 Å². The fraction of sp³-hybridized carbons (Fsp3) is 0.462. The normalized spacial score (nSPS) is 36.0. The van der Waals surface area contributed by atoms with Crippen LogP contribution in [-0.2, 0) is 21.5 Å². The topological polar surface area (TPSA) is 35.5 Å². The van der Waals surface area contributed by atoms with Gasteiger partial charge in [0.1, 0.15) is 0 Å². The van der Waals surface area contributed by atoms with Crippen molar-refractivity contribution < 1.29 is 14.3 Å². The third kappa shape index (κ3) is 1.01. The van der Waals surface area contributed by atoms with Crippen LogP contribution in [0.2, 0.25) is 0 Å². The summed E-state index contributed by atoms with van der Waals surface area (Å²) in [7, 11) is 0. The van der Waals surface area contributed by atoms with E-state index >= 15 is 0 Å². The van der Waals surface area contributed by atoms with Crippen molar-refractivity contribution >= 4 is 6.16 Å². The maximum Gasteiger partial charge on any atom is 0.510 e. The number of benzene rings is 1. The van der Waals surface area contributed by atoms with Gasteiger partial charge in [-0.3, -0.25) is 0 Å². The van der Waals surface area contributed by atoms with Crippen molar-refractivity contribution in [1.82, 2.24) is 0 Å². The molecule has 84 valence electrons. The summed E-state index contributed by atoms with van der Waals surface area (Å²) in [6.07, 6.45) is 1.19. The number of hydrogen-bond acceptors (Lipinski definition) is 3. The Morgan fingerprint density at radius 1 is 1.19 bits per heavy atom. The van der Waals surface area contributed by atoms with Crippen LogP contribution in [0, 0.1) is 0 Å². The van der Waals surface area contributed by atoms with Crippen LogP contribution in [0.1, 0.15) is 31.4 Å². The van der Waals surface area contributed by atoms with E-state index < -0.39 is 17.4 Å². The lowest BCUT2D eigenvalue weighted by atomic mass is 9.70. The minimum atomic E-state index is -0.640. The molecule has 1 aliphatic heterocycles. The van der Waals surface area contributed by atoms with E-state index in [0.717, 1.165) is 18.4 Å². The van der Waals surface area contributed by atoms with Gasteiger partial charge in [-0.05, 0) is 32.3 Å². The summed E-state index contributed by atoms with van der Waals surface area (Å²) in [5, 5.41) is 0. The molecule has 1 aromatic carbocycles. The molecule has 16 heavy (non-hydrogen) atoms. The molecule has 3 nitrogen and oxygen atoms in total. The van der Waals surface area contributed by atoms with Crippen LogP contribution in [0.15, 0.2) is 24.3 Å². The van der Waals surface area contributed by atoms with E-state index in [1.54, 1.807) is 0 Å². The Balaban J connectivity index is 2.21. The van der Waals surface area contributed by atoms with Crippen LogP contribution in [0.5, 0.6) is 0 Å². The molecule has 0 N–H and O–H groups in total. The summed E-state index contributed by atoms with van der Waals surface area (Å²) in [5.74, 6) is 0. The van der Waals surface area contributed by atoms with Crippen LogP contribution in [0.25, 0.3) is 0 Å². The van der Waals surface area contributed by atoms with Crippen molar-refractivity contribution in [2.75, 3.05) is 0 Å². The molecule has 1 fully saturated rings. The highest BCUT2D eigenvalue weighted by Gasteiger charge is 2.60. The Bertz CT molecular complexity index is 468. The highest BCUT2D eigenvalue weighted by molar-refractivity contribution is 5.66. The Morgan fingerprint density at radius 2 is 1.94 bits per heavy atom. The zero-order valence-corrected chi connectivity index (χ0v) is 9.45. The van der Waals surface area contributed by atoms with Gasteiger partial charge in [0.05, 0.1) is 0 Å². The average molecular weight is 218 g/mol. The third-order valence-electron chi connectivity index (χ3n) is 4.01. The first-order valence-electron chi connectivity index (χ1n) is 5.56. The minimum absolute atomic E-state index is 0.529. The maximum absolute atomic E-state index is 11.4. The molecule has 2 atom stereocenters. The van der Waals surface area contributed by atoms with Gasteiger partial charge in [-0.25, -0.2) is 4.79 Å². The highest BCUT2D eigenvalue weighted by Crippen LogP contribution is 2.51. The second kappa shape index (κ2) is 2.78. The Hall–Kier alpha value is -1.51. The molecule has 0 unspecified atom stereocenters. The van der Waals surface area contributed by atoms with Crippen LogP contribution in [0.3, 0.4) is 0 Å². The van der Waals surface area contributed by atoms with E-state index in [4.69, 9.17) is 9.47 Å². The molecule has 0 bridgehead atoms. The Morgan fingerprint density at radius 3 is 2.75 bits per heavy atom. The summed E-state index contributed by atoms with van der Waals surface area (Å²) in [4.78, 5) is 11.4. The predicted molar refractivity (Wildman–Crippen MR) is 58.1 cm³/mol. The Kier molecular flexibility index (Phi) is 1.69. The van der Waals surface area contributed by atoms with Crippen molar-refractivity contribution in [3.63, 3.8) is 0 Å². The van der Waals surface area contributed by atoms with Gasteiger partial charge in [0, 0.05) is 5.56 Å². The smallest absolute Gasteiger partial charge is 0.423 e. The molecular formula is C13H14O3. The minimum Gasteiger partial charge on any atom is -0.423 e. The van der Waals surface area contributed by atoms with E-state index in [0.29, 0.717) is 0 Å². The summed E-state index contributed by atoms with van der Waals surface area (Å²) in [6.45, 7) is 3.89. The van der Waals surface area contributed by atoms with Crippen LogP contribution >= 0.6 is 0 Å². The largest absolute Gasteiger partial charge is 0.510 e. The SMILES string of the molecule is C[C@@]12CCc3ccccc3[C@]1(C)OC(=O)O2. The second-order valence-electron chi connectivity index (χ2n) is 4.88. The first-order chi connectivity index (χ1) is 7.55. The molecule has 3 heteroatoms. The molecule has 0 saturated carbocycles. The molecule has 0 spiro atoms. The molecule has 2 aliphatic rings. The van der Waals surface area contributed by atoms with E-state index in [1.807, 2.05) is 32.0 Å². The lowest BCUT2D eigenvalue weighted by Gasteiger charge is -2.40. The molecule has 0 aromatic heterocycles. The lowest BCUT2D eigenvalue weighted by Crippen LogP contribution is -2.48. The molecular weight excluding hydrogens is 204 g/mol. The quantitative estimate of drug-likeness (QED) is 0.628. The van der Waals surface area contributed by atoms with Gasteiger partial charge >= 0.3 is 6.16 Å². The monoisotopic (exact) mass is 218 g/mol. The molecule has 0 radical (unpaired) electrons. The summed E-state index contributed by atoms with van der Waals surface area (Å²) in [6, 6.07) is 8.10. The summed E-state index contributed by atoms with van der Waals surface area (Å²) >= 11 is 0. The predicted octanol–water partition coefficient (Wildman–Crippen LogP) is 2.77. The highest BCUT2D eigenvalue weighted by atomic mass is 16.8. The zero-order chi connectivity index (χ0) is 11.4. The van der Waals surface area contributed by atoms with Crippen molar-refractivity contribution in [2.24, 2.45) is 0 Å². The van der Waals surface area contributed by atoms with Crippen molar-refractivity contribution in [1.29, 1.82) is 0 Å². The second-order valence-corrected chi connectivity index (χ2v) is 4.88. The van der Waals surface area contributed by atoms with E-state index in [-0.39, 0.29) is 0 Å². The van der Waals surface area contributed by atoms with Gasteiger partial charge in [0.2, 0.25) is 0 Å². The maximum atomic E-state index is 11.4. The number of hydrogen-bond donors (Lipinski definition) is 0. The van der Waals surface area contributed by atoms with Gasteiger partial charge < -0.3 is 9.47 Å². The van der Waals surface area contributed by atoms with Crippen LogP contribution in [0.4, 0.5) is 4.79 Å². The summed E-state index contributed by atoms with van der Waals surface area (Å²) in [5.41, 5.74) is 1.16. The van der Waals surface area contributed by atoms with Crippen LogP contribution in [-0.4, -0.2) is 11.8 Å². The first kappa shape index (κ1) is 9.70. The molecule has 1 saturated heterocycles. The molecule has 0 amide bonds. The third-order valence-corrected chi connectivity index (χ3v) is 4.01. The van der Waals surface area contributed by atoms with Crippen molar-refractivity contribution in [3.05, 3.63) is 35.4 Å². The standard InChI is InChI=1S/C13H14O3/c1-12-8-7-9-5-3-4-6-10(9)13(12,2)16-11(14)15-12/h3-6H,7-8H2,1-2H3/t12-,13+/m1/s1. The molecule has 1 aliphatic carbocycles. The lowest BCUT2D eigenvalue weighted by molar-refractivity contribution is -0.0415. The van der Waals surface area contributed by atoms with Gasteiger partial charge in [0.25, 0.3) is 0 Å². The number of aryl methyl sites for hydroxylation is 1. The Labute approximate surface area is 94.4 Å². The number of carbonyl (C=O) groups is 1. The van der Waals surface area contributed by atoms with Crippen LogP contribution < -0.4 is 0 Å². The van der Waals surface area contributed by atoms with Crippen molar-refractivity contribution in [3.8, 4) is 0 Å². The fourth-order valence-electron chi connectivity index (χ4n) is 2.78. The van der Waals surface area contributed by atoms with Gasteiger partial charge in [0.15, 0.2) is 11.2 Å². The first-order valence-corrected chi connectivity index (χ1v) is 5.56. The molecule has 3 rings (SSSR count). The van der Waals surface area contributed by atoms with E-state index in [2.05, 4.69) is 6.07 Å². The summed E-state index contributed by atoms with van der Waals surface area (Å²) < 4.78 is 10.8. The molecule has 1 aromatic rings. The number of ether oxygens (including phenoxy) is 2. The van der Waals surface area contributed by atoms with Gasteiger partial charge in [-0.1, -0.05) is 24.3 Å². The number of rotatable bonds is 0. The fourth-order valence-corrected chi connectivity index (χ4v) is 2.78. The van der Waals surface area contributed by atoms with E-state index in [1.165, 1.54) is 5.56 Å². The molecule has 1 heterocycles. The number of carbonyl (C=O) groups excluding carboxylic acids is 1. The zero-order valence-electron chi connectivity index (χ0n) is 9.45. The van der Waals surface area contributed by atoms with Crippen molar-refractivity contribution in [2.45, 2.75) is 37.9 Å². The van der Waals surface area contributed by atoms with Gasteiger partial charge in [-0.15, -0.1) is 0 Å². The average Bonchev–Trinajstić information content (AvgIpc) is 2.49. The van der Waals surface area contributed by atoms with E-state index in [9.17, 15) is 4.79 Å².